The molecule has 1 saturated heterocycles. The Morgan fingerprint density at radius 1 is 1.44 bits per heavy atom. The van der Waals surface area contributed by atoms with Crippen molar-refractivity contribution in [1.29, 1.82) is 0 Å². The zero-order chi connectivity index (χ0) is 13.4. The van der Waals surface area contributed by atoms with Crippen LogP contribution in [0.1, 0.15) is 39.5 Å². The van der Waals surface area contributed by atoms with Crippen molar-refractivity contribution in [2.75, 3.05) is 26.2 Å². The van der Waals surface area contributed by atoms with E-state index >= 15 is 0 Å². The Bertz CT molecular complexity index is 249. The summed E-state index contributed by atoms with van der Waals surface area (Å²) in [4.78, 5) is 2.50. The van der Waals surface area contributed by atoms with Crippen molar-refractivity contribution in [3.63, 3.8) is 0 Å². The summed E-state index contributed by atoms with van der Waals surface area (Å²) in [5.41, 5.74) is 5.55. The maximum atomic E-state index is 8.58. The van der Waals surface area contributed by atoms with Gasteiger partial charge in [-0.1, -0.05) is 19.0 Å². The normalized spacial score (nSPS) is 21.1. The second-order valence-corrected chi connectivity index (χ2v) is 5.19. The third kappa shape index (κ3) is 5.23. The minimum atomic E-state index is 0.315. The molecule has 0 aromatic rings. The van der Waals surface area contributed by atoms with Crippen LogP contribution in [0.4, 0.5) is 0 Å². The fourth-order valence-electron chi connectivity index (χ4n) is 2.49. The number of hydrogen-bond donors (Lipinski definition) is 3. The SMILES string of the molecule is CCC(CC(N)=NO)NCC1CCN(CC)CC1. The molecule has 5 nitrogen and oxygen atoms in total. The van der Waals surface area contributed by atoms with Crippen LogP contribution in [-0.4, -0.2) is 48.2 Å². The first-order chi connectivity index (χ1) is 8.69. The van der Waals surface area contributed by atoms with Gasteiger partial charge in [0.05, 0.1) is 0 Å². The molecular formula is C13H28N4O. The molecule has 0 amide bonds. The molecule has 5 heteroatoms. The first-order valence-electron chi connectivity index (χ1n) is 7.11. The number of rotatable bonds is 7. The molecule has 0 saturated carbocycles. The van der Waals surface area contributed by atoms with E-state index in [0.717, 1.165) is 18.9 Å². The Balaban J connectivity index is 2.22. The van der Waals surface area contributed by atoms with Gasteiger partial charge < -0.3 is 21.2 Å². The van der Waals surface area contributed by atoms with Gasteiger partial charge in [-0.15, -0.1) is 0 Å². The largest absolute Gasteiger partial charge is 0.409 e. The molecule has 18 heavy (non-hydrogen) atoms. The predicted molar refractivity (Wildman–Crippen MR) is 74.9 cm³/mol. The van der Waals surface area contributed by atoms with Crippen LogP contribution in [-0.2, 0) is 0 Å². The number of likely N-dealkylation sites (tertiary alicyclic amines) is 1. The number of nitrogens with zero attached hydrogens (tertiary/aromatic N) is 2. The smallest absolute Gasteiger partial charge is 0.140 e. The Morgan fingerprint density at radius 2 is 2.11 bits per heavy atom. The molecule has 0 bridgehead atoms. The van der Waals surface area contributed by atoms with E-state index in [4.69, 9.17) is 10.9 Å². The van der Waals surface area contributed by atoms with Gasteiger partial charge in [0, 0.05) is 12.5 Å². The maximum absolute atomic E-state index is 8.58. The number of nitrogens with two attached hydrogens (primary N) is 1. The summed E-state index contributed by atoms with van der Waals surface area (Å²) in [6.45, 7) is 9.01. The van der Waals surface area contributed by atoms with E-state index in [1.807, 2.05) is 0 Å². The van der Waals surface area contributed by atoms with Crippen LogP contribution in [0.25, 0.3) is 0 Å². The molecule has 0 radical (unpaired) electrons. The molecule has 1 aliphatic rings. The monoisotopic (exact) mass is 256 g/mol. The van der Waals surface area contributed by atoms with Crippen molar-refractivity contribution in [2.45, 2.75) is 45.6 Å². The van der Waals surface area contributed by atoms with Gasteiger partial charge in [0.25, 0.3) is 0 Å². The minimum absolute atomic E-state index is 0.315. The summed E-state index contributed by atoms with van der Waals surface area (Å²) >= 11 is 0. The minimum Gasteiger partial charge on any atom is -0.409 e. The second kappa shape index (κ2) is 8.32. The van der Waals surface area contributed by atoms with Crippen LogP contribution in [0, 0.1) is 5.92 Å². The molecule has 1 aliphatic heterocycles. The summed E-state index contributed by atoms with van der Waals surface area (Å²) in [5, 5.41) is 15.2. The van der Waals surface area contributed by atoms with Crippen molar-refractivity contribution in [1.82, 2.24) is 10.2 Å². The number of amidine groups is 1. The van der Waals surface area contributed by atoms with E-state index in [9.17, 15) is 0 Å². The fourth-order valence-corrected chi connectivity index (χ4v) is 2.49. The highest BCUT2D eigenvalue weighted by Gasteiger charge is 2.19. The highest BCUT2D eigenvalue weighted by atomic mass is 16.4. The number of nitrogens with one attached hydrogen (secondary N) is 1. The second-order valence-electron chi connectivity index (χ2n) is 5.19. The number of hydrogen-bond acceptors (Lipinski definition) is 4. The zero-order valence-corrected chi connectivity index (χ0v) is 11.7. The average molecular weight is 256 g/mol. The molecule has 0 aromatic carbocycles. The number of oxime groups is 1. The quantitative estimate of drug-likeness (QED) is 0.277. The molecule has 4 N–H and O–H groups in total. The summed E-state index contributed by atoms with van der Waals surface area (Å²) in [7, 11) is 0. The molecule has 0 aliphatic carbocycles. The molecule has 0 spiro atoms. The van der Waals surface area contributed by atoms with Crippen molar-refractivity contribution in [3.05, 3.63) is 0 Å². The lowest BCUT2D eigenvalue weighted by atomic mass is 9.96. The highest BCUT2D eigenvalue weighted by Crippen LogP contribution is 2.16. The van der Waals surface area contributed by atoms with Crippen LogP contribution in [0.3, 0.4) is 0 Å². The van der Waals surface area contributed by atoms with Gasteiger partial charge in [-0.3, -0.25) is 0 Å². The van der Waals surface area contributed by atoms with E-state index in [0.29, 0.717) is 18.3 Å². The third-order valence-corrected chi connectivity index (χ3v) is 3.93. The summed E-state index contributed by atoms with van der Waals surface area (Å²) in [5.74, 6) is 1.09. The summed E-state index contributed by atoms with van der Waals surface area (Å²) < 4.78 is 0. The molecule has 1 heterocycles. The van der Waals surface area contributed by atoms with E-state index in [1.54, 1.807) is 0 Å². The molecule has 1 unspecified atom stereocenters. The van der Waals surface area contributed by atoms with Gasteiger partial charge in [-0.25, -0.2) is 0 Å². The van der Waals surface area contributed by atoms with Gasteiger partial charge in [-0.2, -0.15) is 0 Å². The average Bonchev–Trinajstić information content (AvgIpc) is 2.43. The van der Waals surface area contributed by atoms with Crippen molar-refractivity contribution in [3.8, 4) is 0 Å². The Morgan fingerprint density at radius 3 is 2.61 bits per heavy atom. The molecule has 1 fully saturated rings. The topological polar surface area (TPSA) is 73.9 Å². The van der Waals surface area contributed by atoms with Gasteiger partial charge in [0.1, 0.15) is 5.84 Å². The standard InChI is InChI=1S/C13H28N4O/c1-3-12(9-13(14)16-18)15-10-11-5-7-17(4-2)8-6-11/h11-12,15,18H,3-10H2,1-2H3,(H2,14,16). The van der Waals surface area contributed by atoms with Crippen LogP contribution < -0.4 is 11.1 Å². The van der Waals surface area contributed by atoms with E-state index in [-0.39, 0.29) is 0 Å². The van der Waals surface area contributed by atoms with Gasteiger partial charge in [0.2, 0.25) is 0 Å². The maximum Gasteiger partial charge on any atom is 0.140 e. The predicted octanol–water partition coefficient (Wildman–Crippen LogP) is 1.22. The lowest BCUT2D eigenvalue weighted by Gasteiger charge is -2.32. The van der Waals surface area contributed by atoms with Crippen molar-refractivity contribution < 1.29 is 5.21 Å². The van der Waals surface area contributed by atoms with Crippen LogP contribution >= 0.6 is 0 Å². The Kier molecular flexibility index (Phi) is 7.05. The molecule has 106 valence electrons. The van der Waals surface area contributed by atoms with Crippen molar-refractivity contribution >= 4 is 5.84 Å². The Labute approximate surface area is 110 Å². The van der Waals surface area contributed by atoms with E-state index < -0.39 is 0 Å². The summed E-state index contributed by atoms with van der Waals surface area (Å²) in [6, 6.07) is 0.324. The fraction of sp³-hybridized carbons (Fsp3) is 0.923. The lowest BCUT2D eigenvalue weighted by Crippen LogP contribution is -2.40. The lowest BCUT2D eigenvalue weighted by molar-refractivity contribution is 0.187. The zero-order valence-electron chi connectivity index (χ0n) is 11.7. The molecule has 1 rings (SSSR count). The first-order valence-corrected chi connectivity index (χ1v) is 7.11. The number of piperidine rings is 1. The van der Waals surface area contributed by atoms with Gasteiger partial charge in [0.15, 0.2) is 0 Å². The van der Waals surface area contributed by atoms with Crippen LogP contribution in [0.5, 0.6) is 0 Å². The molecule has 0 aromatic heterocycles. The highest BCUT2D eigenvalue weighted by molar-refractivity contribution is 5.80. The first kappa shape index (κ1) is 15.2. The van der Waals surface area contributed by atoms with E-state index in [2.05, 4.69) is 29.2 Å². The Hall–Kier alpha value is -0.810. The summed E-state index contributed by atoms with van der Waals surface area (Å²) in [6.07, 6.45) is 4.19. The van der Waals surface area contributed by atoms with E-state index in [1.165, 1.54) is 32.5 Å². The van der Waals surface area contributed by atoms with Crippen LogP contribution in [0.15, 0.2) is 5.16 Å². The molecule has 1 atom stereocenters. The van der Waals surface area contributed by atoms with Crippen LogP contribution in [0.2, 0.25) is 0 Å². The molecular weight excluding hydrogens is 228 g/mol. The van der Waals surface area contributed by atoms with Crippen molar-refractivity contribution in [2.24, 2.45) is 16.8 Å². The third-order valence-electron chi connectivity index (χ3n) is 3.93. The van der Waals surface area contributed by atoms with Gasteiger partial charge in [-0.05, 0) is 51.4 Å². The van der Waals surface area contributed by atoms with Gasteiger partial charge >= 0.3 is 0 Å².